The summed E-state index contributed by atoms with van der Waals surface area (Å²) < 4.78 is 0. The molecule has 2 aromatic rings. The Morgan fingerprint density at radius 2 is 2.00 bits per heavy atom. The number of rotatable bonds is 4. The normalized spacial score (nSPS) is 10.2. The van der Waals surface area contributed by atoms with Crippen LogP contribution in [0, 0.1) is 6.92 Å². The minimum atomic E-state index is 0.295. The summed E-state index contributed by atoms with van der Waals surface area (Å²) in [5.74, 6) is 0.928. The van der Waals surface area contributed by atoms with Crippen LogP contribution >= 0.6 is 24.0 Å². The second kappa shape index (κ2) is 6.59. The molecule has 2 aromatic carbocycles. The van der Waals surface area contributed by atoms with Gasteiger partial charge < -0.3 is 11.1 Å². The van der Waals surface area contributed by atoms with E-state index in [0.29, 0.717) is 5.11 Å². The lowest BCUT2D eigenvalue weighted by atomic mass is 10.2. The van der Waals surface area contributed by atoms with Gasteiger partial charge in [0.1, 0.15) is 0 Å². The minimum absolute atomic E-state index is 0.295. The van der Waals surface area contributed by atoms with Gasteiger partial charge in [-0.2, -0.15) is 0 Å². The van der Waals surface area contributed by atoms with Crippen LogP contribution in [-0.4, -0.2) is 5.11 Å². The van der Waals surface area contributed by atoms with Gasteiger partial charge in [0, 0.05) is 10.6 Å². The highest BCUT2D eigenvalue weighted by Crippen LogP contribution is 2.29. The van der Waals surface area contributed by atoms with Gasteiger partial charge >= 0.3 is 0 Å². The molecule has 2 nitrogen and oxygen atoms in total. The van der Waals surface area contributed by atoms with E-state index in [1.54, 1.807) is 11.8 Å². The first kappa shape index (κ1) is 13.9. The van der Waals surface area contributed by atoms with Crippen LogP contribution in [0.25, 0.3) is 0 Å². The second-order valence-electron chi connectivity index (χ2n) is 4.26. The van der Waals surface area contributed by atoms with E-state index in [1.165, 1.54) is 11.1 Å². The standard InChI is InChI=1S/C15H16N2S2/c1-11-5-4-6-12(9-11)10-19-14-8-3-2-7-13(14)17-15(16)18/h2-9H,10H2,1H3,(H3,16,17,18). The van der Waals surface area contributed by atoms with Gasteiger partial charge in [-0.05, 0) is 36.8 Å². The predicted molar refractivity (Wildman–Crippen MR) is 87.6 cm³/mol. The number of para-hydroxylation sites is 1. The topological polar surface area (TPSA) is 38.0 Å². The van der Waals surface area contributed by atoms with Crippen LogP contribution in [-0.2, 0) is 5.75 Å². The smallest absolute Gasteiger partial charge is 0.168 e. The summed E-state index contributed by atoms with van der Waals surface area (Å²) in [6, 6.07) is 16.6. The lowest BCUT2D eigenvalue weighted by Gasteiger charge is -2.10. The van der Waals surface area contributed by atoms with Crippen molar-refractivity contribution in [2.24, 2.45) is 5.73 Å². The average Bonchev–Trinajstić information content (AvgIpc) is 2.37. The molecule has 0 unspecified atom stereocenters. The molecule has 0 amide bonds. The number of benzene rings is 2. The molecule has 4 heteroatoms. The maximum absolute atomic E-state index is 5.53. The summed E-state index contributed by atoms with van der Waals surface area (Å²) >= 11 is 6.66. The van der Waals surface area contributed by atoms with Crippen LogP contribution in [0.1, 0.15) is 11.1 Å². The van der Waals surface area contributed by atoms with E-state index in [4.69, 9.17) is 18.0 Å². The molecule has 2 rings (SSSR count). The van der Waals surface area contributed by atoms with Crippen molar-refractivity contribution >= 4 is 34.8 Å². The van der Waals surface area contributed by atoms with Crippen molar-refractivity contribution in [1.29, 1.82) is 0 Å². The van der Waals surface area contributed by atoms with Crippen molar-refractivity contribution in [3.63, 3.8) is 0 Å². The minimum Gasteiger partial charge on any atom is -0.376 e. The number of anilines is 1. The zero-order valence-corrected chi connectivity index (χ0v) is 12.4. The van der Waals surface area contributed by atoms with Gasteiger partial charge in [0.2, 0.25) is 0 Å². The largest absolute Gasteiger partial charge is 0.376 e. The fourth-order valence-electron chi connectivity index (χ4n) is 1.79. The fourth-order valence-corrected chi connectivity index (χ4v) is 2.85. The fraction of sp³-hybridized carbons (Fsp3) is 0.133. The monoisotopic (exact) mass is 288 g/mol. The van der Waals surface area contributed by atoms with Crippen LogP contribution in [0.4, 0.5) is 5.69 Å². The third-order valence-electron chi connectivity index (χ3n) is 2.62. The number of nitrogens with one attached hydrogen (secondary N) is 1. The van der Waals surface area contributed by atoms with E-state index in [2.05, 4.69) is 42.6 Å². The molecule has 0 heterocycles. The van der Waals surface area contributed by atoms with Gasteiger partial charge in [0.25, 0.3) is 0 Å². The lowest BCUT2D eigenvalue weighted by molar-refractivity contribution is 1.34. The number of nitrogens with two attached hydrogens (primary N) is 1. The van der Waals surface area contributed by atoms with E-state index >= 15 is 0 Å². The highest BCUT2D eigenvalue weighted by Gasteiger charge is 2.03. The van der Waals surface area contributed by atoms with E-state index in [-0.39, 0.29) is 0 Å². The van der Waals surface area contributed by atoms with Crippen molar-refractivity contribution in [2.75, 3.05) is 5.32 Å². The summed E-state index contributed by atoms with van der Waals surface area (Å²) in [6.45, 7) is 2.11. The predicted octanol–water partition coefficient (Wildman–Crippen LogP) is 3.94. The molecule has 0 aliphatic heterocycles. The van der Waals surface area contributed by atoms with E-state index in [0.717, 1.165) is 16.3 Å². The molecule has 3 N–H and O–H groups in total. The number of thiocarbonyl (C=S) groups is 1. The van der Waals surface area contributed by atoms with E-state index in [1.807, 2.05) is 18.2 Å². The third-order valence-corrected chi connectivity index (χ3v) is 3.87. The van der Waals surface area contributed by atoms with Gasteiger partial charge in [-0.1, -0.05) is 42.0 Å². The molecule has 98 valence electrons. The molecular weight excluding hydrogens is 272 g/mol. The SMILES string of the molecule is Cc1cccc(CSc2ccccc2NC(N)=S)c1. The number of hydrogen-bond acceptors (Lipinski definition) is 2. The summed E-state index contributed by atoms with van der Waals surface area (Å²) in [6.07, 6.45) is 0. The molecule has 19 heavy (non-hydrogen) atoms. The maximum Gasteiger partial charge on any atom is 0.168 e. The Kier molecular flexibility index (Phi) is 4.82. The Hall–Kier alpha value is -1.52. The first-order valence-corrected chi connectivity index (χ1v) is 7.38. The number of aryl methyl sites for hydroxylation is 1. The molecule has 0 atom stereocenters. The Bertz CT molecular complexity index is 582. The van der Waals surface area contributed by atoms with Crippen LogP contribution in [0.3, 0.4) is 0 Å². The Labute approximate surface area is 123 Å². The highest BCUT2D eigenvalue weighted by atomic mass is 32.2. The molecule has 0 saturated heterocycles. The van der Waals surface area contributed by atoms with Gasteiger partial charge in [0.05, 0.1) is 5.69 Å². The zero-order chi connectivity index (χ0) is 13.7. The quantitative estimate of drug-likeness (QED) is 0.660. The first-order chi connectivity index (χ1) is 9.15. The average molecular weight is 288 g/mol. The molecule has 0 aliphatic rings. The van der Waals surface area contributed by atoms with Gasteiger partial charge in [0.15, 0.2) is 5.11 Å². The third kappa shape index (κ3) is 4.26. The van der Waals surface area contributed by atoms with Gasteiger partial charge in [-0.3, -0.25) is 0 Å². The van der Waals surface area contributed by atoms with Crippen molar-refractivity contribution in [2.45, 2.75) is 17.6 Å². The van der Waals surface area contributed by atoms with Crippen molar-refractivity contribution < 1.29 is 0 Å². The molecule has 0 spiro atoms. The van der Waals surface area contributed by atoms with Crippen LogP contribution < -0.4 is 11.1 Å². The zero-order valence-electron chi connectivity index (χ0n) is 10.7. The highest BCUT2D eigenvalue weighted by molar-refractivity contribution is 7.98. The van der Waals surface area contributed by atoms with E-state index < -0.39 is 0 Å². The van der Waals surface area contributed by atoms with Gasteiger partial charge in [-0.25, -0.2) is 0 Å². The Balaban J connectivity index is 2.09. The molecule has 0 aromatic heterocycles. The van der Waals surface area contributed by atoms with E-state index in [9.17, 15) is 0 Å². The summed E-state index contributed by atoms with van der Waals surface area (Å²) in [5.41, 5.74) is 9.10. The lowest BCUT2D eigenvalue weighted by Crippen LogP contribution is -2.19. The molecule has 0 fully saturated rings. The van der Waals surface area contributed by atoms with Crippen LogP contribution in [0.2, 0.25) is 0 Å². The second-order valence-corrected chi connectivity index (χ2v) is 5.72. The molecular formula is C15H16N2S2. The maximum atomic E-state index is 5.53. The molecule has 0 saturated carbocycles. The molecule has 0 aliphatic carbocycles. The van der Waals surface area contributed by atoms with Crippen LogP contribution in [0.15, 0.2) is 53.4 Å². The Morgan fingerprint density at radius 1 is 1.21 bits per heavy atom. The molecule has 0 radical (unpaired) electrons. The van der Waals surface area contributed by atoms with Crippen molar-refractivity contribution in [1.82, 2.24) is 0 Å². The molecule has 0 bridgehead atoms. The number of thioether (sulfide) groups is 1. The Morgan fingerprint density at radius 3 is 2.74 bits per heavy atom. The van der Waals surface area contributed by atoms with Crippen molar-refractivity contribution in [3.05, 3.63) is 59.7 Å². The summed E-state index contributed by atoms with van der Waals surface area (Å²) in [7, 11) is 0. The summed E-state index contributed by atoms with van der Waals surface area (Å²) in [5, 5.41) is 3.30. The van der Waals surface area contributed by atoms with Crippen LogP contribution in [0.5, 0.6) is 0 Å². The van der Waals surface area contributed by atoms with Crippen molar-refractivity contribution in [3.8, 4) is 0 Å². The number of hydrogen-bond donors (Lipinski definition) is 2. The van der Waals surface area contributed by atoms with Gasteiger partial charge in [-0.15, -0.1) is 11.8 Å². The first-order valence-electron chi connectivity index (χ1n) is 5.99. The summed E-state index contributed by atoms with van der Waals surface area (Å²) in [4.78, 5) is 1.15.